The van der Waals surface area contributed by atoms with E-state index in [4.69, 9.17) is 23.7 Å². The largest absolute Gasteiger partial charge is 0.502 e. The molecule has 2 N–H and O–H groups in total. The number of rotatable bonds is 6. The molecule has 10 heteroatoms. The van der Waals surface area contributed by atoms with Gasteiger partial charge in [-0.1, -0.05) is 0 Å². The maximum absolute atomic E-state index is 13.1. The lowest BCUT2D eigenvalue weighted by Gasteiger charge is -2.39. The van der Waals surface area contributed by atoms with Crippen LogP contribution in [0.4, 0.5) is 0 Å². The van der Waals surface area contributed by atoms with Crippen LogP contribution >= 0.6 is 0 Å². The molecule has 1 aliphatic carbocycles. The number of cyclic esters (lactones) is 1. The van der Waals surface area contributed by atoms with Gasteiger partial charge in [0.1, 0.15) is 0 Å². The van der Waals surface area contributed by atoms with Crippen LogP contribution in [-0.4, -0.2) is 70.1 Å². The van der Waals surface area contributed by atoms with Crippen molar-refractivity contribution >= 4 is 11.9 Å². The molecule has 5 rings (SSSR count). The van der Waals surface area contributed by atoms with Gasteiger partial charge in [-0.25, -0.2) is 0 Å². The molecular weight excluding hydrogens is 456 g/mol. The number of nitrogens with one attached hydrogen (secondary N) is 1. The van der Waals surface area contributed by atoms with Gasteiger partial charge in [-0.3, -0.25) is 9.59 Å². The summed E-state index contributed by atoms with van der Waals surface area (Å²) in [6.45, 7) is 0.474. The number of likely N-dealkylation sites (N-methyl/N-ethyl adjacent to an activating group) is 1. The Hall–Kier alpha value is -3.66. The number of carbonyl (C=O) groups excluding carboxylic acids is 2. The molecule has 1 fully saturated rings. The Morgan fingerprint density at radius 2 is 1.69 bits per heavy atom. The fraction of sp³-hybridized carbons (Fsp3) is 0.440. The molecule has 0 aromatic heterocycles. The summed E-state index contributed by atoms with van der Waals surface area (Å²) in [5.41, 5.74) is 2.35. The van der Waals surface area contributed by atoms with Crippen LogP contribution in [0, 0.1) is 11.8 Å². The normalized spacial score (nSPS) is 24.0. The van der Waals surface area contributed by atoms with Gasteiger partial charge in [0.05, 0.1) is 39.3 Å². The van der Waals surface area contributed by atoms with E-state index in [1.54, 1.807) is 17.0 Å². The molecule has 1 saturated heterocycles. The molecule has 2 aliphatic heterocycles. The van der Waals surface area contributed by atoms with E-state index in [2.05, 4.69) is 5.32 Å². The van der Waals surface area contributed by atoms with Crippen molar-refractivity contribution in [2.45, 2.75) is 12.0 Å². The molecule has 3 aliphatic rings. The van der Waals surface area contributed by atoms with Crippen molar-refractivity contribution in [3.05, 3.63) is 41.0 Å². The number of phenols is 1. The van der Waals surface area contributed by atoms with Gasteiger partial charge in [0.25, 0.3) is 0 Å². The van der Waals surface area contributed by atoms with E-state index < -0.39 is 17.9 Å². The molecule has 0 bridgehead atoms. The lowest BCUT2D eigenvalue weighted by atomic mass is 9.65. The summed E-state index contributed by atoms with van der Waals surface area (Å²) < 4.78 is 27.6. The summed E-state index contributed by atoms with van der Waals surface area (Å²) in [6, 6.07) is 6.68. The van der Waals surface area contributed by atoms with E-state index in [0.717, 1.165) is 11.1 Å². The van der Waals surface area contributed by atoms with Gasteiger partial charge in [-0.2, -0.15) is 0 Å². The van der Waals surface area contributed by atoms with Gasteiger partial charge in [0.15, 0.2) is 23.0 Å². The predicted molar refractivity (Wildman–Crippen MR) is 123 cm³/mol. The number of phenolic OH excluding ortho intramolecular Hbond substituents is 1. The number of aromatic hydroxyl groups is 1. The topological polar surface area (TPSA) is 116 Å². The molecule has 10 nitrogen and oxygen atoms in total. The average Bonchev–Trinajstić information content (AvgIpc) is 3.44. The van der Waals surface area contributed by atoms with Crippen LogP contribution in [-0.2, 0) is 14.3 Å². The van der Waals surface area contributed by atoms with Crippen molar-refractivity contribution in [2.75, 3.05) is 48.3 Å². The van der Waals surface area contributed by atoms with Crippen LogP contribution in [0.25, 0.3) is 0 Å². The van der Waals surface area contributed by atoms with Gasteiger partial charge >= 0.3 is 5.97 Å². The molecule has 2 aromatic rings. The number of hydrogen-bond donors (Lipinski definition) is 2. The first kappa shape index (κ1) is 23.1. The minimum Gasteiger partial charge on any atom is -0.502 e. The van der Waals surface area contributed by atoms with Crippen molar-refractivity contribution in [1.82, 2.24) is 10.2 Å². The number of fused-ring (bicyclic) bond motifs is 3. The zero-order valence-corrected chi connectivity index (χ0v) is 20.0. The smallest absolute Gasteiger partial charge is 0.310 e. The second-order valence-corrected chi connectivity index (χ2v) is 9.19. The summed E-state index contributed by atoms with van der Waals surface area (Å²) >= 11 is 0. The Morgan fingerprint density at radius 3 is 2.29 bits per heavy atom. The van der Waals surface area contributed by atoms with Gasteiger partial charge < -0.3 is 39.0 Å². The highest BCUT2D eigenvalue weighted by molar-refractivity contribution is 5.81. The molecule has 0 radical (unpaired) electrons. The van der Waals surface area contributed by atoms with Gasteiger partial charge in [0.2, 0.25) is 18.4 Å². The van der Waals surface area contributed by atoms with E-state index >= 15 is 0 Å². The number of carbonyl (C=O) groups is 2. The van der Waals surface area contributed by atoms with Crippen molar-refractivity contribution in [3.8, 4) is 28.7 Å². The van der Waals surface area contributed by atoms with Crippen molar-refractivity contribution in [2.24, 2.45) is 11.8 Å². The highest BCUT2D eigenvalue weighted by Crippen LogP contribution is 2.55. The van der Waals surface area contributed by atoms with E-state index in [-0.39, 0.29) is 55.0 Å². The third-order valence-corrected chi connectivity index (χ3v) is 6.82. The van der Waals surface area contributed by atoms with Crippen LogP contribution in [0.1, 0.15) is 28.7 Å². The van der Waals surface area contributed by atoms with Crippen LogP contribution in [0.5, 0.6) is 28.7 Å². The summed E-state index contributed by atoms with van der Waals surface area (Å²) in [5, 5.41) is 13.6. The minimum absolute atomic E-state index is 0.0936. The Bertz CT molecular complexity index is 1160. The zero-order valence-electron chi connectivity index (χ0n) is 20.0. The molecule has 4 unspecified atom stereocenters. The van der Waals surface area contributed by atoms with Gasteiger partial charge in [-0.05, 0) is 55.1 Å². The summed E-state index contributed by atoms with van der Waals surface area (Å²) in [5.74, 6) is -0.367. The standard InChI is InChI=1S/C25H28N2O8/c1-27(2)9-20(28)26-23-14-8-17-16(34-11-35-17)7-13(14)21(22-15(23)10-33-25(22)30)12-5-18(31-3)24(29)19(6-12)32-4/h5-8,15,21-23,29H,9-11H2,1-4H3,(H,26,28). The molecular formula is C25H28N2O8. The zero-order chi connectivity index (χ0) is 24.9. The summed E-state index contributed by atoms with van der Waals surface area (Å²) in [4.78, 5) is 27.7. The molecule has 1 amide bonds. The highest BCUT2D eigenvalue weighted by atomic mass is 16.7. The first-order valence-electron chi connectivity index (χ1n) is 11.3. The number of hydrogen-bond acceptors (Lipinski definition) is 9. The quantitative estimate of drug-likeness (QED) is 0.592. The highest BCUT2D eigenvalue weighted by Gasteiger charge is 2.53. The Labute approximate surface area is 202 Å². The van der Waals surface area contributed by atoms with E-state index in [1.165, 1.54) is 14.2 Å². The third kappa shape index (κ3) is 3.87. The van der Waals surface area contributed by atoms with Crippen molar-refractivity contribution < 1.29 is 38.4 Å². The first-order chi connectivity index (χ1) is 16.8. The van der Waals surface area contributed by atoms with E-state index in [1.807, 2.05) is 26.2 Å². The lowest BCUT2D eigenvalue weighted by molar-refractivity contribution is -0.141. The Morgan fingerprint density at radius 1 is 1.06 bits per heavy atom. The number of ether oxygens (including phenoxy) is 5. The SMILES string of the molecule is COc1cc(C2c3cc4c(cc3C(NC(=O)CN(C)C)C3COC(=O)C23)OCO4)cc(OC)c1O. The maximum atomic E-state index is 13.1. The van der Waals surface area contributed by atoms with Crippen LogP contribution in [0.15, 0.2) is 24.3 Å². The number of nitrogens with zero attached hydrogens (tertiary/aromatic N) is 1. The van der Waals surface area contributed by atoms with E-state index in [0.29, 0.717) is 17.1 Å². The lowest BCUT2D eigenvalue weighted by Crippen LogP contribution is -2.45. The first-order valence-corrected chi connectivity index (χ1v) is 11.3. The molecule has 0 saturated carbocycles. The van der Waals surface area contributed by atoms with Crippen LogP contribution < -0.4 is 24.3 Å². The second-order valence-electron chi connectivity index (χ2n) is 9.19. The molecule has 2 heterocycles. The third-order valence-electron chi connectivity index (χ3n) is 6.82. The average molecular weight is 485 g/mol. The predicted octanol–water partition coefficient (Wildman–Crippen LogP) is 1.79. The Kier molecular flexibility index (Phi) is 5.84. The summed E-state index contributed by atoms with van der Waals surface area (Å²) in [6.07, 6.45) is 0. The van der Waals surface area contributed by atoms with Gasteiger partial charge in [-0.15, -0.1) is 0 Å². The van der Waals surface area contributed by atoms with Gasteiger partial charge in [0, 0.05) is 11.8 Å². The summed E-state index contributed by atoms with van der Waals surface area (Å²) in [7, 11) is 6.54. The maximum Gasteiger partial charge on any atom is 0.310 e. The minimum atomic E-state index is -0.577. The number of esters is 1. The molecule has 186 valence electrons. The van der Waals surface area contributed by atoms with Crippen molar-refractivity contribution in [3.63, 3.8) is 0 Å². The van der Waals surface area contributed by atoms with E-state index in [9.17, 15) is 14.7 Å². The molecule has 0 spiro atoms. The molecule has 4 atom stereocenters. The van der Waals surface area contributed by atoms with Crippen molar-refractivity contribution in [1.29, 1.82) is 0 Å². The number of amides is 1. The Balaban J connectivity index is 1.69. The number of benzene rings is 2. The molecule has 35 heavy (non-hydrogen) atoms. The monoisotopic (exact) mass is 484 g/mol. The van der Waals surface area contributed by atoms with Crippen LogP contribution in [0.3, 0.4) is 0 Å². The number of methoxy groups -OCH3 is 2. The second kappa shape index (κ2) is 8.84. The van der Waals surface area contributed by atoms with Crippen LogP contribution in [0.2, 0.25) is 0 Å². The molecule has 2 aromatic carbocycles. The fourth-order valence-corrected chi connectivity index (χ4v) is 5.35. The fourth-order valence-electron chi connectivity index (χ4n) is 5.35.